The van der Waals surface area contributed by atoms with Crippen molar-refractivity contribution in [2.75, 3.05) is 24.5 Å². The molecule has 1 saturated heterocycles. The molecule has 1 aromatic rings. The maximum absolute atomic E-state index is 12.2. The number of carbonyl (C=O) groups excluding carboxylic acids is 1. The summed E-state index contributed by atoms with van der Waals surface area (Å²) >= 11 is 0. The van der Waals surface area contributed by atoms with Crippen molar-refractivity contribution in [2.24, 2.45) is 5.73 Å². The van der Waals surface area contributed by atoms with Gasteiger partial charge in [0.15, 0.2) is 0 Å². The average Bonchev–Trinajstić information content (AvgIpc) is 2.80. The molecule has 0 saturated carbocycles. The van der Waals surface area contributed by atoms with Crippen LogP contribution in [-0.2, 0) is 0 Å². The predicted octanol–water partition coefficient (Wildman–Crippen LogP) is 1.33. The second-order valence-corrected chi connectivity index (χ2v) is 5.06. The summed E-state index contributed by atoms with van der Waals surface area (Å²) in [5.41, 5.74) is 7.06. The zero-order valence-electron chi connectivity index (χ0n) is 11.4. The Bertz CT molecular complexity index is 445. The Morgan fingerprint density at radius 3 is 2.37 bits per heavy atom. The van der Waals surface area contributed by atoms with E-state index in [2.05, 4.69) is 0 Å². The number of urea groups is 1. The summed E-state index contributed by atoms with van der Waals surface area (Å²) in [6.07, 6.45) is -0.643. The summed E-state index contributed by atoms with van der Waals surface area (Å²) in [7, 11) is 0. The monoisotopic (exact) mass is 263 g/mol. The van der Waals surface area contributed by atoms with Gasteiger partial charge in [-0.05, 0) is 31.5 Å². The normalized spacial score (nSPS) is 17.4. The maximum Gasteiger partial charge on any atom is 0.324 e. The second-order valence-electron chi connectivity index (χ2n) is 5.06. The first kappa shape index (κ1) is 13.8. The van der Waals surface area contributed by atoms with Crippen LogP contribution in [0.15, 0.2) is 24.3 Å². The van der Waals surface area contributed by atoms with Crippen LogP contribution in [0.1, 0.15) is 25.5 Å². The van der Waals surface area contributed by atoms with Crippen LogP contribution >= 0.6 is 0 Å². The van der Waals surface area contributed by atoms with Crippen LogP contribution in [-0.4, -0.2) is 41.7 Å². The second kappa shape index (κ2) is 5.59. The zero-order chi connectivity index (χ0) is 14.0. The molecular weight excluding hydrogens is 242 g/mol. The summed E-state index contributed by atoms with van der Waals surface area (Å²) in [6.45, 7) is 5.69. The van der Waals surface area contributed by atoms with Gasteiger partial charge < -0.3 is 15.7 Å². The highest BCUT2D eigenvalue weighted by molar-refractivity contribution is 5.94. The van der Waals surface area contributed by atoms with Crippen LogP contribution in [0.3, 0.4) is 0 Å². The minimum atomic E-state index is -0.643. The van der Waals surface area contributed by atoms with E-state index < -0.39 is 6.10 Å². The summed E-state index contributed by atoms with van der Waals surface area (Å²) < 4.78 is 0. The van der Waals surface area contributed by atoms with Gasteiger partial charge in [-0.15, -0.1) is 0 Å². The van der Waals surface area contributed by atoms with Gasteiger partial charge in [-0.25, -0.2) is 4.79 Å². The van der Waals surface area contributed by atoms with Crippen LogP contribution in [0.5, 0.6) is 0 Å². The molecule has 5 nitrogen and oxygen atoms in total. The molecule has 1 aliphatic heterocycles. The first-order chi connectivity index (χ1) is 9.04. The highest BCUT2D eigenvalue weighted by Gasteiger charge is 2.30. The molecule has 5 heteroatoms. The fourth-order valence-electron chi connectivity index (χ4n) is 2.29. The van der Waals surface area contributed by atoms with Crippen molar-refractivity contribution >= 4 is 11.7 Å². The average molecular weight is 263 g/mol. The molecule has 19 heavy (non-hydrogen) atoms. The number of hydrogen-bond acceptors (Lipinski definition) is 3. The van der Waals surface area contributed by atoms with E-state index in [0.29, 0.717) is 6.54 Å². The number of rotatable bonds is 4. The summed E-state index contributed by atoms with van der Waals surface area (Å²) in [5.74, 6) is 0. The molecule has 0 aromatic heterocycles. The smallest absolute Gasteiger partial charge is 0.324 e. The summed E-state index contributed by atoms with van der Waals surface area (Å²) in [5, 5.41) is 9.64. The number of nitrogens with two attached hydrogens (primary N) is 1. The Balaban J connectivity index is 2.13. The Hall–Kier alpha value is -1.59. The Labute approximate surface area is 113 Å². The van der Waals surface area contributed by atoms with Crippen molar-refractivity contribution in [1.29, 1.82) is 0 Å². The molecule has 1 aliphatic rings. The van der Waals surface area contributed by atoms with Crippen molar-refractivity contribution < 1.29 is 9.90 Å². The van der Waals surface area contributed by atoms with Gasteiger partial charge in [0.25, 0.3) is 0 Å². The lowest BCUT2D eigenvalue weighted by atomic mass is 10.1. The van der Waals surface area contributed by atoms with E-state index in [1.165, 1.54) is 0 Å². The number of amides is 2. The first-order valence-electron chi connectivity index (χ1n) is 6.61. The predicted molar refractivity (Wildman–Crippen MR) is 75.0 cm³/mol. The van der Waals surface area contributed by atoms with Crippen molar-refractivity contribution in [3.05, 3.63) is 29.8 Å². The number of aliphatic hydroxyl groups is 1. The molecule has 0 radical (unpaired) electrons. The van der Waals surface area contributed by atoms with Crippen LogP contribution in [0.2, 0.25) is 0 Å². The zero-order valence-corrected chi connectivity index (χ0v) is 11.4. The van der Waals surface area contributed by atoms with E-state index in [4.69, 9.17) is 5.73 Å². The lowest BCUT2D eigenvalue weighted by molar-refractivity contribution is 0.187. The number of anilines is 1. The molecule has 1 unspecified atom stereocenters. The molecular formula is C14H21N3O2. The molecule has 0 spiro atoms. The SMILES string of the molecule is CC(C)N1CCN(c2ccc(C(O)CN)cc2)C1=O. The standard InChI is InChI=1S/C14H21N3O2/c1-10(2)16-7-8-17(14(16)19)12-5-3-11(4-6-12)13(18)9-15/h3-6,10,13,18H,7-9,15H2,1-2H3. The molecule has 3 N–H and O–H groups in total. The van der Waals surface area contributed by atoms with Crippen LogP contribution in [0.25, 0.3) is 0 Å². The van der Waals surface area contributed by atoms with Gasteiger partial charge in [0.05, 0.1) is 6.10 Å². The molecule has 1 aromatic carbocycles. The largest absolute Gasteiger partial charge is 0.387 e. The third kappa shape index (κ3) is 2.72. The minimum Gasteiger partial charge on any atom is -0.387 e. The Morgan fingerprint density at radius 1 is 1.26 bits per heavy atom. The van der Waals surface area contributed by atoms with Gasteiger partial charge in [0.1, 0.15) is 0 Å². The van der Waals surface area contributed by atoms with E-state index in [1.807, 2.05) is 43.0 Å². The van der Waals surface area contributed by atoms with Crippen molar-refractivity contribution in [3.8, 4) is 0 Å². The maximum atomic E-state index is 12.2. The summed E-state index contributed by atoms with van der Waals surface area (Å²) in [6, 6.07) is 7.61. The Morgan fingerprint density at radius 2 is 1.89 bits per heavy atom. The summed E-state index contributed by atoms with van der Waals surface area (Å²) in [4.78, 5) is 15.8. The van der Waals surface area contributed by atoms with Gasteiger partial charge in [-0.3, -0.25) is 4.90 Å². The lowest BCUT2D eigenvalue weighted by Crippen LogP contribution is -2.36. The molecule has 1 fully saturated rings. The molecule has 104 valence electrons. The van der Waals surface area contributed by atoms with Crippen molar-refractivity contribution in [2.45, 2.75) is 26.0 Å². The van der Waals surface area contributed by atoms with Crippen LogP contribution in [0.4, 0.5) is 10.5 Å². The van der Waals surface area contributed by atoms with Crippen LogP contribution < -0.4 is 10.6 Å². The highest BCUT2D eigenvalue weighted by Crippen LogP contribution is 2.23. The van der Waals surface area contributed by atoms with E-state index in [0.717, 1.165) is 17.8 Å². The number of benzene rings is 1. The molecule has 2 rings (SSSR count). The number of nitrogens with zero attached hydrogens (tertiary/aromatic N) is 2. The molecule has 1 heterocycles. The number of carbonyl (C=O) groups is 1. The highest BCUT2D eigenvalue weighted by atomic mass is 16.3. The van der Waals surface area contributed by atoms with Gasteiger partial charge >= 0.3 is 6.03 Å². The van der Waals surface area contributed by atoms with Crippen molar-refractivity contribution in [1.82, 2.24) is 4.90 Å². The topological polar surface area (TPSA) is 69.8 Å². The van der Waals surface area contributed by atoms with Gasteiger partial charge in [-0.2, -0.15) is 0 Å². The minimum absolute atomic E-state index is 0.0436. The fourth-order valence-corrected chi connectivity index (χ4v) is 2.29. The lowest BCUT2D eigenvalue weighted by Gasteiger charge is -2.22. The van der Waals surface area contributed by atoms with Gasteiger partial charge in [0.2, 0.25) is 0 Å². The Kier molecular flexibility index (Phi) is 4.07. The fraction of sp³-hybridized carbons (Fsp3) is 0.500. The van der Waals surface area contributed by atoms with E-state index >= 15 is 0 Å². The number of aliphatic hydroxyl groups excluding tert-OH is 1. The van der Waals surface area contributed by atoms with Gasteiger partial charge in [0, 0.05) is 31.4 Å². The number of hydrogen-bond donors (Lipinski definition) is 2. The van der Waals surface area contributed by atoms with Crippen molar-refractivity contribution in [3.63, 3.8) is 0 Å². The third-order valence-electron chi connectivity index (χ3n) is 3.48. The molecule has 0 aliphatic carbocycles. The third-order valence-corrected chi connectivity index (χ3v) is 3.48. The van der Waals surface area contributed by atoms with Crippen LogP contribution in [0, 0.1) is 0 Å². The quantitative estimate of drug-likeness (QED) is 0.861. The van der Waals surface area contributed by atoms with E-state index in [-0.39, 0.29) is 18.6 Å². The molecule has 2 amide bonds. The van der Waals surface area contributed by atoms with Gasteiger partial charge in [-0.1, -0.05) is 12.1 Å². The van der Waals surface area contributed by atoms with E-state index in [1.54, 1.807) is 4.90 Å². The molecule has 0 bridgehead atoms. The molecule has 1 atom stereocenters. The first-order valence-corrected chi connectivity index (χ1v) is 6.61. The van der Waals surface area contributed by atoms with E-state index in [9.17, 15) is 9.90 Å².